The van der Waals surface area contributed by atoms with Crippen LogP contribution in [0.15, 0.2) is 42.5 Å². The van der Waals surface area contributed by atoms with E-state index in [2.05, 4.69) is 44.6 Å². The molecule has 1 aromatic carbocycles. The smallest absolute Gasteiger partial charge is 0.319 e. The standard InChI is InChI=1S/C13H13N5O5.C6H4/c1-6(19)22-9-4-3-8(5-10(9)23-7(2)20)11-15-12(18-14)17-13(21)16-11;1-2-6-4-3-5(1)6/h3-5H,14H2,1-2H3,(H2,15,16,17,18,21);1-4H. The summed E-state index contributed by atoms with van der Waals surface area (Å²) in [4.78, 5) is 33.5. The van der Waals surface area contributed by atoms with Crippen LogP contribution < -0.4 is 20.7 Å². The summed E-state index contributed by atoms with van der Waals surface area (Å²) in [5.74, 6) is 4.13. The van der Waals surface area contributed by atoms with Crippen LogP contribution in [0.3, 0.4) is 0 Å². The van der Waals surface area contributed by atoms with Gasteiger partial charge in [-0.15, -0.1) is 0 Å². The number of nitrogens with one attached hydrogen (secondary N) is 1. The van der Waals surface area contributed by atoms with Gasteiger partial charge in [0, 0.05) is 19.4 Å². The molecule has 0 amide bonds. The molecule has 2 aliphatic carbocycles. The number of fused-ring (bicyclic) bond motifs is 1. The third-order valence-corrected chi connectivity index (χ3v) is 3.68. The van der Waals surface area contributed by atoms with Crippen LogP contribution in [0.2, 0.25) is 0 Å². The lowest BCUT2D eigenvalue weighted by Crippen LogP contribution is -2.11. The van der Waals surface area contributed by atoms with Crippen molar-refractivity contribution >= 4 is 17.9 Å². The van der Waals surface area contributed by atoms with Crippen molar-refractivity contribution in [2.45, 2.75) is 13.8 Å². The highest BCUT2D eigenvalue weighted by Crippen LogP contribution is 2.32. The second kappa shape index (κ2) is 8.31. The predicted molar refractivity (Wildman–Crippen MR) is 103 cm³/mol. The molecule has 0 saturated heterocycles. The van der Waals surface area contributed by atoms with Gasteiger partial charge in [-0.05, 0) is 29.3 Å². The van der Waals surface area contributed by atoms with E-state index in [1.165, 1.54) is 43.2 Å². The molecule has 0 unspecified atom stereocenters. The van der Waals surface area contributed by atoms with Crippen molar-refractivity contribution in [3.05, 3.63) is 42.5 Å². The van der Waals surface area contributed by atoms with Gasteiger partial charge in [0.25, 0.3) is 0 Å². The molecule has 1 aromatic heterocycles. The second-order valence-electron chi connectivity index (χ2n) is 5.85. The predicted octanol–water partition coefficient (Wildman–Crippen LogP) is 2.05. The highest BCUT2D eigenvalue weighted by molar-refractivity contribution is 5.76. The van der Waals surface area contributed by atoms with Crippen LogP contribution in [0.25, 0.3) is 22.5 Å². The molecular weight excluding hydrogens is 378 g/mol. The first-order chi connectivity index (χ1) is 13.9. The first-order valence-electron chi connectivity index (χ1n) is 8.39. The number of hydrogen-bond donors (Lipinski definition) is 3. The van der Waals surface area contributed by atoms with Crippen LogP contribution in [0.5, 0.6) is 17.5 Å². The maximum absolute atomic E-state index is 11.2. The van der Waals surface area contributed by atoms with E-state index < -0.39 is 17.9 Å². The molecule has 0 aliphatic heterocycles. The first kappa shape index (κ1) is 19.7. The Labute approximate surface area is 165 Å². The number of rotatable bonds is 4. The minimum atomic E-state index is -0.599. The number of benzene rings is 2. The Morgan fingerprint density at radius 3 is 1.90 bits per heavy atom. The van der Waals surface area contributed by atoms with Crippen molar-refractivity contribution in [3.8, 4) is 40.0 Å². The molecule has 4 N–H and O–H groups in total. The molecule has 0 spiro atoms. The van der Waals surface area contributed by atoms with Crippen LogP contribution in [0.1, 0.15) is 13.8 Å². The van der Waals surface area contributed by atoms with Crippen molar-refractivity contribution in [1.29, 1.82) is 0 Å². The molecule has 0 saturated carbocycles. The number of ether oxygens (including phenoxy) is 2. The van der Waals surface area contributed by atoms with Gasteiger partial charge in [0.05, 0.1) is 0 Å². The number of aromatic hydroxyl groups is 1. The summed E-state index contributed by atoms with van der Waals surface area (Å²) in [5.41, 5.74) is 5.42. The molecule has 2 aliphatic rings. The number of esters is 2. The van der Waals surface area contributed by atoms with Crippen molar-refractivity contribution in [2.24, 2.45) is 5.84 Å². The van der Waals surface area contributed by atoms with Gasteiger partial charge in [-0.25, -0.2) is 5.84 Å². The summed E-state index contributed by atoms with van der Waals surface area (Å²) in [7, 11) is 0. The van der Waals surface area contributed by atoms with Crippen LogP contribution in [-0.4, -0.2) is 32.0 Å². The van der Waals surface area contributed by atoms with Gasteiger partial charge >= 0.3 is 17.9 Å². The largest absolute Gasteiger partial charge is 0.479 e. The van der Waals surface area contributed by atoms with Crippen molar-refractivity contribution in [3.63, 3.8) is 0 Å². The summed E-state index contributed by atoms with van der Waals surface area (Å²) < 4.78 is 9.96. The first-order valence-corrected chi connectivity index (χ1v) is 8.39. The van der Waals surface area contributed by atoms with Crippen molar-refractivity contribution in [2.75, 3.05) is 5.43 Å². The fraction of sp³-hybridized carbons (Fsp3) is 0.105. The molecule has 2 aromatic rings. The summed E-state index contributed by atoms with van der Waals surface area (Å²) in [6.07, 6.45) is 0. The third kappa shape index (κ3) is 4.82. The molecule has 148 valence electrons. The quantitative estimate of drug-likeness (QED) is 0.203. The van der Waals surface area contributed by atoms with Gasteiger partial charge in [-0.2, -0.15) is 15.0 Å². The van der Waals surface area contributed by atoms with Gasteiger partial charge in [0.1, 0.15) is 0 Å². The zero-order chi connectivity index (χ0) is 21.0. The van der Waals surface area contributed by atoms with E-state index in [9.17, 15) is 14.7 Å². The van der Waals surface area contributed by atoms with E-state index in [4.69, 9.17) is 15.3 Å². The molecule has 0 bridgehead atoms. The molecule has 10 nitrogen and oxygen atoms in total. The third-order valence-electron chi connectivity index (χ3n) is 3.68. The van der Waals surface area contributed by atoms with Crippen LogP contribution in [0.4, 0.5) is 5.95 Å². The van der Waals surface area contributed by atoms with E-state index in [0.717, 1.165) is 0 Å². The Balaban J connectivity index is 0.000000334. The Morgan fingerprint density at radius 2 is 1.41 bits per heavy atom. The lowest BCUT2D eigenvalue weighted by Gasteiger charge is -2.10. The average Bonchev–Trinajstić information content (AvgIpc) is 2.65. The molecule has 1 heterocycles. The number of carbonyl (C=O) groups excluding carboxylic acids is 2. The summed E-state index contributed by atoms with van der Waals surface area (Å²) in [5, 5.41) is 9.46. The van der Waals surface area contributed by atoms with Crippen molar-refractivity contribution < 1.29 is 24.2 Å². The van der Waals surface area contributed by atoms with E-state index in [1.807, 2.05) is 0 Å². The molecule has 10 heteroatoms. The lowest BCUT2D eigenvalue weighted by atomic mass is 9.95. The zero-order valence-corrected chi connectivity index (χ0v) is 15.5. The molecule has 0 fully saturated rings. The number of nitrogens with zero attached hydrogens (tertiary/aromatic N) is 3. The van der Waals surface area contributed by atoms with E-state index in [0.29, 0.717) is 5.56 Å². The van der Waals surface area contributed by atoms with Crippen LogP contribution >= 0.6 is 0 Å². The highest BCUT2D eigenvalue weighted by Gasteiger charge is 2.14. The number of nitrogen functional groups attached to an aromatic ring is 1. The maximum atomic E-state index is 11.2. The molecular formula is C19H17N5O5. The minimum Gasteiger partial charge on any atom is -0.479 e. The van der Waals surface area contributed by atoms with Gasteiger partial charge in [0.2, 0.25) is 5.95 Å². The van der Waals surface area contributed by atoms with Crippen LogP contribution in [-0.2, 0) is 9.59 Å². The Hall–Kier alpha value is -4.05. The normalized spacial score (nSPS) is 10.3. The van der Waals surface area contributed by atoms with Gasteiger partial charge in [-0.3, -0.25) is 15.0 Å². The number of hydrogen-bond acceptors (Lipinski definition) is 10. The Morgan fingerprint density at radius 1 is 0.862 bits per heavy atom. The monoisotopic (exact) mass is 395 g/mol. The van der Waals surface area contributed by atoms with Crippen LogP contribution in [0, 0.1) is 0 Å². The SMILES string of the molecule is CC(=O)Oc1ccc(-c2nc(O)nc(NN)n2)cc1OC(C)=O.c1cc2ccc1-2. The summed E-state index contributed by atoms with van der Waals surface area (Å²) in [6, 6.07) is 12.2. The topological polar surface area (TPSA) is 150 Å². The van der Waals surface area contributed by atoms with Gasteiger partial charge in [0.15, 0.2) is 17.3 Å². The van der Waals surface area contributed by atoms with E-state index in [-0.39, 0.29) is 23.3 Å². The second-order valence-corrected chi connectivity index (χ2v) is 5.85. The lowest BCUT2D eigenvalue weighted by molar-refractivity contribution is -0.134. The number of anilines is 1. The molecule has 4 rings (SSSR count). The Kier molecular flexibility index (Phi) is 5.65. The average molecular weight is 395 g/mol. The number of hydrazine groups is 1. The van der Waals surface area contributed by atoms with E-state index in [1.54, 1.807) is 0 Å². The van der Waals surface area contributed by atoms with Gasteiger partial charge < -0.3 is 14.6 Å². The number of nitrogens with two attached hydrogens (primary N) is 1. The Bertz CT molecular complexity index is 1050. The summed E-state index contributed by atoms with van der Waals surface area (Å²) >= 11 is 0. The number of aromatic nitrogens is 3. The molecule has 0 atom stereocenters. The van der Waals surface area contributed by atoms with E-state index >= 15 is 0 Å². The highest BCUT2D eigenvalue weighted by atomic mass is 16.6. The van der Waals surface area contributed by atoms with Gasteiger partial charge in [-0.1, -0.05) is 24.3 Å². The fourth-order valence-corrected chi connectivity index (χ4v) is 2.34. The van der Waals surface area contributed by atoms with Crippen molar-refractivity contribution in [1.82, 2.24) is 15.0 Å². The molecule has 29 heavy (non-hydrogen) atoms. The maximum Gasteiger partial charge on any atom is 0.319 e. The summed E-state index contributed by atoms with van der Waals surface area (Å²) in [6.45, 7) is 2.42. The number of carbonyl (C=O) groups is 2. The minimum absolute atomic E-state index is 0.00681. The zero-order valence-electron chi connectivity index (χ0n) is 15.5. The fourth-order valence-electron chi connectivity index (χ4n) is 2.34. The molecule has 0 radical (unpaired) electrons.